The lowest BCUT2D eigenvalue weighted by molar-refractivity contribution is -0.253. The predicted molar refractivity (Wildman–Crippen MR) is 165 cm³/mol. The van der Waals surface area contributed by atoms with Crippen molar-refractivity contribution in [2.75, 3.05) is 32.8 Å². The molecule has 2 fully saturated rings. The highest BCUT2D eigenvalue weighted by atomic mass is 16.7. The van der Waals surface area contributed by atoms with Crippen LogP contribution in [0.5, 0.6) is 0 Å². The zero-order chi connectivity index (χ0) is 29.4. The van der Waals surface area contributed by atoms with Gasteiger partial charge >= 0.3 is 0 Å². The van der Waals surface area contributed by atoms with E-state index in [0.29, 0.717) is 12.1 Å². The van der Waals surface area contributed by atoms with Crippen LogP contribution in [0.15, 0.2) is 103 Å². The van der Waals surface area contributed by atoms with Gasteiger partial charge in [-0.15, -0.1) is 0 Å². The minimum Gasteiger partial charge on any atom is -0.392 e. The highest BCUT2D eigenvalue weighted by Crippen LogP contribution is 2.39. The lowest BCUT2D eigenvalue weighted by Gasteiger charge is -2.39. The monoisotopic (exact) mass is 578 g/mol. The number of nitrogens with one attached hydrogen (secondary N) is 1. The standard InChI is InChI=1S/C36H38N2O5/c39-25-26-10-12-28(13-11-26)34-22-32(24-38-18-20-41-21-19-38)42-36(43-34)30-16-14-27(15-17-30)33-9-5-4-8-31(33)23-37-35(40)29-6-2-1-3-7-29/h1-17,32,34,36,39H,18-25H2,(H,37,40). The van der Waals surface area contributed by atoms with Crippen LogP contribution in [0.25, 0.3) is 11.1 Å². The molecular formula is C36H38N2O5. The number of rotatable bonds is 9. The fourth-order valence-corrected chi connectivity index (χ4v) is 5.75. The molecule has 0 aromatic heterocycles. The molecule has 43 heavy (non-hydrogen) atoms. The van der Waals surface area contributed by atoms with E-state index < -0.39 is 6.29 Å². The van der Waals surface area contributed by atoms with Crippen molar-refractivity contribution in [3.8, 4) is 11.1 Å². The van der Waals surface area contributed by atoms with Crippen LogP contribution in [-0.4, -0.2) is 54.9 Å². The highest BCUT2D eigenvalue weighted by molar-refractivity contribution is 5.94. The van der Waals surface area contributed by atoms with Crippen molar-refractivity contribution < 1.29 is 24.1 Å². The topological polar surface area (TPSA) is 80.3 Å². The van der Waals surface area contributed by atoms with E-state index in [4.69, 9.17) is 14.2 Å². The summed E-state index contributed by atoms with van der Waals surface area (Å²) < 4.78 is 18.7. The van der Waals surface area contributed by atoms with Crippen LogP contribution in [0.4, 0.5) is 0 Å². The summed E-state index contributed by atoms with van der Waals surface area (Å²) in [4.78, 5) is 15.0. The Morgan fingerprint density at radius 2 is 1.51 bits per heavy atom. The van der Waals surface area contributed by atoms with Crippen LogP contribution in [0.2, 0.25) is 0 Å². The number of nitrogens with zero attached hydrogens (tertiary/aromatic N) is 1. The predicted octanol–water partition coefficient (Wildman–Crippen LogP) is 5.65. The fourth-order valence-electron chi connectivity index (χ4n) is 5.75. The van der Waals surface area contributed by atoms with E-state index in [1.54, 1.807) is 0 Å². The molecule has 7 heteroatoms. The summed E-state index contributed by atoms with van der Waals surface area (Å²) in [5.74, 6) is -0.0930. The number of morpholine rings is 1. The number of amides is 1. The average molecular weight is 579 g/mol. The van der Waals surface area contributed by atoms with Gasteiger partial charge in [0.1, 0.15) is 0 Å². The van der Waals surface area contributed by atoms with Gasteiger partial charge in [0.15, 0.2) is 6.29 Å². The van der Waals surface area contributed by atoms with Gasteiger partial charge in [0.25, 0.3) is 5.91 Å². The van der Waals surface area contributed by atoms with Crippen molar-refractivity contribution in [2.24, 2.45) is 0 Å². The molecule has 0 aliphatic carbocycles. The molecule has 6 rings (SSSR count). The molecule has 2 aliphatic heterocycles. The van der Waals surface area contributed by atoms with Crippen molar-refractivity contribution in [3.63, 3.8) is 0 Å². The van der Waals surface area contributed by atoms with Crippen LogP contribution in [-0.2, 0) is 27.4 Å². The number of aliphatic hydroxyl groups is 1. The Kier molecular flexibility index (Phi) is 9.57. The quantitative estimate of drug-likeness (QED) is 0.267. The number of aliphatic hydroxyl groups excluding tert-OH is 1. The van der Waals surface area contributed by atoms with Crippen LogP contribution in [0, 0.1) is 0 Å². The summed E-state index contributed by atoms with van der Waals surface area (Å²) in [6.45, 7) is 4.58. The molecule has 222 valence electrons. The minimum atomic E-state index is -0.503. The average Bonchev–Trinajstić information content (AvgIpc) is 3.08. The van der Waals surface area contributed by atoms with Gasteiger partial charge in [-0.2, -0.15) is 0 Å². The van der Waals surface area contributed by atoms with Crippen LogP contribution in [0.3, 0.4) is 0 Å². The molecule has 0 radical (unpaired) electrons. The van der Waals surface area contributed by atoms with Crippen molar-refractivity contribution in [2.45, 2.75) is 38.1 Å². The van der Waals surface area contributed by atoms with Crippen molar-refractivity contribution in [1.29, 1.82) is 0 Å². The van der Waals surface area contributed by atoms with Gasteiger partial charge in [0.05, 0.1) is 32.0 Å². The van der Waals surface area contributed by atoms with Crippen molar-refractivity contribution in [3.05, 3.63) is 131 Å². The third-order valence-corrected chi connectivity index (χ3v) is 8.17. The van der Waals surface area contributed by atoms with E-state index in [1.165, 1.54) is 0 Å². The van der Waals surface area contributed by atoms with Crippen LogP contribution >= 0.6 is 0 Å². The number of carbonyl (C=O) groups excluding carboxylic acids is 1. The first-order chi connectivity index (χ1) is 21.2. The lowest BCUT2D eigenvalue weighted by atomic mass is 9.97. The van der Waals surface area contributed by atoms with E-state index >= 15 is 0 Å². The molecule has 2 heterocycles. The van der Waals surface area contributed by atoms with Gasteiger partial charge in [0.2, 0.25) is 0 Å². The largest absolute Gasteiger partial charge is 0.392 e. The third-order valence-electron chi connectivity index (χ3n) is 8.17. The second kappa shape index (κ2) is 14.1. The zero-order valence-electron chi connectivity index (χ0n) is 24.2. The maximum Gasteiger partial charge on any atom is 0.251 e. The van der Waals surface area contributed by atoms with Crippen LogP contribution in [0.1, 0.15) is 51.4 Å². The zero-order valence-corrected chi connectivity index (χ0v) is 24.2. The smallest absolute Gasteiger partial charge is 0.251 e. The highest BCUT2D eigenvalue weighted by Gasteiger charge is 2.33. The van der Waals surface area contributed by atoms with Crippen molar-refractivity contribution in [1.82, 2.24) is 10.2 Å². The van der Waals surface area contributed by atoms with Gasteiger partial charge in [0, 0.05) is 43.7 Å². The minimum absolute atomic E-state index is 0.00740. The Morgan fingerprint density at radius 3 is 2.26 bits per heavy atom. The van der Waals surface area contributed by atoms with Gasteiger partial charge < -0.3 is 24.6 Å². The number of carbonyl (C=O) groups is 1. The molecule has 7 nitrogen and oxygen atoms in total. The normalized spacial score (nSPS) is 20.9. The summed E-state index contributed by atoms with van der Waals surface area (Å²) in [6, 6.07) is 33.7. The fraction of sp³-hybridized carbons (Fsp3) is 0.306. The van der Waals surface area contributed by atoms with E-state index in [1.807, 2.05) is 72.8 Å². The summed E-state index contributed by atoms with van der Waals surface area (Å²) in [5, 5.41) is 12.5. The Morgan fingerprint density at radius 1 is 0.814 bits per heavy atom. The first-order valence-electron chi connectivity index (χ1n) is 15.0. The second-order valence-electron chi connectivity index (χ2n) is 11.1. The molecular weight excluding hydrogens is 540 g/mol. The molecule has 4 aromatic carbocycles. The summed E-state index contributed by atoms with van der Waals surface area (Å²) in [5.41, 5.74) is 6.74. The van der Waals surface area contributed by atoms with Gasteiger partial charge in [-0.1, -0.05) is 91.0 Å². The molecule has 1 amide bonds. The first kappa shape index (κ1) is 29.2. The molecule has 3 atom stereocenters. The number of hydrogen-bond donors (Lipinski definition) is 2. The van der Waals surface area contributed by atoms with E-state index in [9.17, 15) is 9.90 Å². The second-order valence-corrected chi connectivity index (χ2v) is 11.1. The third kappa shape index (κ3) is 7.39. The lowest BCUT2D eigenvalue weighted by Crippen LogP contribution is -2.44. The molecule has 2 aliphatic rings. The maximum absolute atomic E-state index is 12.6. The molecule has 0 spiro atoms. The Bertz CT molecular complexity index is 1470. The van der Waals surface area contributed by atoms with E-state index in [2.05, 4.69) is 40.5 Å². The summed E-state index contributed by atoms with van der Waals surface area (Å²) >= 11 is 0. The van der Waals surface area contributed by atoms with E-state index in [0.717, 1.165) is 72.6 Å². The van der Waals surface area contributed by atoms with Crippen molar-refractivity contribution >= 4 is 5.91 Å². The van der Waals surface area contributed by atoms with Gasteiger partial charge in [-0.25, -0.2) is 0 Å². The molecule has 0 saturated carbocycles. The maximum atomic E-state index is 12.6. The summed E-state index contributed by atoms with van der Waals surface area (Å²) in [7, 11) is 0. The number of benzene rings is 4. The first-order valence-corrected chi connectivity index (χ1v) is 15.0. The Labute approximate surface area is 253 Å². The number of ether oxygens (including phenoxy) is 3. The van der Waals surface area contributed by atoms with Gasteiger partial charge in [-0.3, -0.25) is 9.69 Å². The molecule has 3 unspecified atom stereocenters. The van der Waals surface area contributed by atoms with E-state index in [-0.39, 0.29) is 24.7 Å². The van der Waals surface area contributed by atoms with Crippen LogP contribution < -0.4 is 5.32 Å². The Hall–Kier alpha value is -3.85. The SMILES string of the molecule is O=C(NCc1ccccc1-c1ccc(C2OC(CN3CCOCC3)CC(c3ccc(CO)cc3)O2)cc1)c1ccccc1. The molecule has 2 N–H and O–H groups in total. The molecule has 4 aromatic rings. The Balaban J connectivity index is 1.18. The molecule has 2 saturated heterocycles. The summed E-state index contributed by atoms with van der Waals surface area (Å²) in [6.07, 6.45) is 0.142. The molecule has 0 bridgehead atoms. The van der Waals surface area contributed by atoms with Gasteiger partial charge in [-0.05, 0) is 39.9 Å². The number of hydrogen-bond acceptors (Lipinski definition) is 6.